The molecule has 0 spiro atoms. The minimum atomic E-state index is -0.373. The van der Waals surface area contributed by atoms with Crippen molar-refractivity contribution >= 4 is 16.9 Å². The first-order valence-corrected chi connectivity index (χ1v) is 13.0. The molecule has 36 heavy (non-hydrogen) atoms. The van der Waals surface area contributed by atoms with Crippen LogP contribution in [0.3, 0.4) is 0 Å². The zero-order chi connectivity index (χ0) is 25.2. The molecule has 7 heteroatoms. The van der Waals surface area contributed by atoms with Gasteiger partial charge >= 0.3 is 0 Å². The summed E-state index contributed by atoms with van der Waals surface area (Å²) < 4.78 is 6.28. The average Bonchev–Trinajstić information content (AvgIpc) is 2.89. The van der Waals surface area contributed by atoms with Crippen molar-refractivity contribution in [3.63, 3.8) is 0 Å². The van der Waals surface area contributed by atoms with E-state index in [9.17, 15) is 19.8 Å². The number of carbonyl (C=O) groups is 1. The highest BCUT2D eigenvalue weighted by Crippen LogP contribution is 2.46. The molecule has 7 nitrogen and oxygen atoms in total. The largest absolute Gasteiger partial charge is 0.507 e. The van der Waals surface area contributed by atoms with Crippen molar-refractivity contribution in [1.29, 1.82) is 0 Å². The lowest BCUT2D eigenvalue weighted by molar-refractivity contribution is -0.133. The van der Waals surface area contributed by atoms with E-state index in [2.05, 4.69) is 11.9 Å². The second-order valence-corrected chi connectivity index (χ2v) is 10.3. The highest BCUT2D eigenvalue weighted by Gasteiger charge is 2.34. The summed E-state index contributed by atoms with van der Waals surface area (Å²) in [4.78, 5) is 30.8. The molecule has 0 bridgehead atoms. The molecular weight excluding hydrogens is 456 g/mol. The minimum Gasteiger partial charge on any atom is -0.507 e. The third-order valence-electron chi connectivity index (χ3n) is 7.90. The fraction of sp³-hybridized carbons (Fsp3) is 0.448. The molecule has 2 N–H and O–H groups in total. The molecular formula is C29H34N2O5. The number of hydrogen-bond donors (Lipinski definition) is 2. The Balaban J connectivity index is 1.63. The average molecular weight is 491 g/mol. The lowest BCUT2D eigenvalue weighted by atomic mass is 9.74. The molecule has 1 saturated heterocycles. The Morgan fingerprint density at radius 2 is 1.69 bits per heavy atom. The molecule has 5 rings (SSSR count). The van der Waals surface area contributed by atoms with Crippen LogP contribution in [0.25, 0.3) is 22.3 Å². The SMILES string of the molecule is CN1CCN(C(=O)C[C@@H](c2c(O)cc(O)c3c(=O)cc(-c4ccccc4)oc23)C2CCCCC2)CC1. The van der Waals surface area contributed by atoms with Crippen molar-refractivity contribution in [3.05, 3.63) is 58.3 Å². The van der Waals surface area contributed by atoms with E-state index in [4.69, 9.17) is 4.42 Å². The van der Waals surface area contributed by atoms with Crippen LogP contribution in [0.15, 0.2) is 51.7 Å². The highest BCUT2D eigenvalue weighted by molar-refractivity contribution is 5.90. The third kappa shape index (κ3) is 4.85. The molecule has 190 valence electrons. The van der Waals surface area contributed by atoms with Crippen LogP contribution in [0.2, 0.25) is 0 Å². The van der Waals surface area contributed by atoms with E-state index in [0.29, 0.717) is 24.4 Å². The number of fused-ring (bicyclic) bond motifs is 1. The van der Waals surface area contributed by atoms with E-state index in [-0.39, 0.29) is 52.1 Å². The second kappa shape index (κ2) is 10.3. The van der Waals surface area contributed by atoms with Crippen LogP contribution in [-0.2, 0) is 4.79 Å². The maximum absolute atomic E-state index is 13.5. The smallest absolute Gasteiger partial charge is 0.223 e. The molecule has 1 aliphatic carbocycles. The quantitative estimate of drug-likeness (QED) is 0.539. The fourth-order valence-electron chi connectivity index (χ4n) is 5.84. The molecule has 3 aromatic rings. The molecule has 1 aliphatic heterocycles. The number of rotatable bonds is 5. The Kier molecular flexibility index (Phi) is 7.01. The van der Waals surface area contributed by atoms with Gasteiger partial charge in [0.15, 0.2) is 5.43 Å². The number of likely N-dealkylation sites (N-methyl/N-ethyl adjacent to an activating group) is 1. The van der Waals surface area contributed by atoms with Crippen LogP contribution in [0.4, 0.5) is 0 Å². The number of benzene rings is 2. The van der Waals surface area contributed by atoms with E-state index in [1.54, 1.807) is 0 Å². The van der Waals surface area contributed by atoms with E-state index < -0.39 is 0 Å². The summed E-state index contributed by atoms with van der Waals surface area (Å²) >= 11 is 0. The molecule has 1 amide bonds. The number of phenolic OH excluding ortho intramolecular Hbond substituents is 2. The van der Waals surface area contributed by atoms with Gasteiger partial charge in [-0.05, 0) is 25.8 Å². The summed E-state index contributed by atoms with van der Waals surface area (Å²) in [6, 6.07) is 11.9. The standard InChI is InChI=1S/C29H34N2O5/c1-30-12-14-31(15-13-30)26(35)16-21(19-8-4-2-5-9-19)27-22(32)17-23(33)28-24(34)18-25(36-29(27)28)20-10-6-3-7-11-20/h3,6-7,10-11,17-19,21,32-33H,2,4-5,8-9,12-16H2,1H3/t21-/m1/s1. The Bertz CT molecular complexity index is 1290. The number of carbonyl (C=O) groups excluding carboxylic acids is 1. The van der Waals surface area contributed by atoms with Gasteiger partial charge < -0.3 is 24.4 Å². The van der Waals surface area contributed by atoms with E-state index in [1.807, 2.05) is 35.2 Å². The van der Waals surface area contributed by atoms with Gasteiger partial charge in [0, 0.05) is 61.8 Å². The van der Waals surface area contributed by atoms with Crippen LogP contribution >= 0.6 is 0 Å². The summed E-state index contributed by atoms with van der Waals surface area (Å²) in [5, 5.41) is 21.8. The van der Waals surface area contributed by atoms with Gasteiger partial charge in [-0.1, -0.05) is 49.6 Å². The molecule has 1 saturated carbocycles. The predicted octanol–water partition coefficient (Wildman–Crippen LogP) is 4.70. The van der Waals surface area contributed by atoms with E-state index >= 15 is 0 Å². The first-order valence-electron chi connectivity index (χ1n) is 13.0. The number of phenols is 2. The van der Waals surface area contributed by atoms with Gasteiger partial charge in [0.1, 0.15) is 28.2 Å². The molecule has 1 aromatic heterocycles. The van der Waals surface area contributed by atoms with Gasteiger partial charge in [-0.25, -0.2) is 0 Å². The molecule has 0 unspecified atom stereocenters. The monoisotopic (exact) mass is 490 g/mol. The molecule has 2 fully saturated rings. The Morgan fingerprint density at radius 3 is 2.39 bits per heavy atom. The zero-order valence-corrected chi connectivity index (χ0v) is 20.8. The van der Waals surface area contributed by atoms with Gasteiger partial charge in [0.25, 0.3) is 0 Å². The molecule has 2 aromatic carbocycles. The van der Waals surface area contributed by atoms with Crippen molar-refractivity contribution in [2.45, 2.75) is 44.4 Å². The Labute approximate surface area is 211 Å². The topological polar surface area (TPSA) is 94.2 Å². The first kappa shape index (κ1) is 24.4. The van der Waals surface area contributed by atoms with Crippen LogP contribution in [-0.4, -0.2) is 59.1 Å². The molecule has 1 atom stereocenters. The number of amides is 1. The molecule has 2 heterocycles. The van der Waals surface area contributed by atoms with Crippen molar-refractivity contribution in [2.24, 2.45) is 5.92 Å². The van der Waals surface area contributed by atoms with Gasteiger partial charge in [0.05, 0.1) is 0 Å². The van der Waals surface area contributed by atoms with Crippen molar-refractivity contribution in [3.8, 4) is 22.8 Å². The van der Waals surface area contributed by atoms with Crippen molar-refractivity contribution < 1.29 is 19.4 Å². The second-order valence-electron chi connectivity index (χ2n) is 10.3. The minimum absolute atomic E-state index is 0.0512. The van der Waals surface area contributed by atoms with Crippen molar-refractivity contribution in [1.82, 2.24) is 9.80 Å². The fourth-order valence-corrected chi connectivity index (χ4v) is 5.84. The summed E-state index contributed by atoms with van der Waals surface area (Å²) in [5.41, 5.74) is 1.00. The Morgan fingerprint density at radius 1 is 1.00 bits per heavy atom. The van der Waals surface area contributed by atoms with Crippen LogP contribution in [0.1, 0.15) is 50.0 Å². The van der Waals surface area contributed by atoms with E-state index in [0.717, 1.165) is 50.8 Å². The molecule has 2 aliphatic rings. The van der Waals surface area contributed by atoms with Gasteiger partial charge in [-0.15, -0.1) is 0 Å². The number of aromatic hydroxyl groups is 2. The summed E-state index contributed by atoms with van der Waals surface area (Å²) in [7, 11) is 2.06. The highest BCUT2D eigenvalue weighted by atomic mass is 16.3. The molecule has 0 radical (unpaired) electrons. The lowest BCUT2D eigenvalue weighted by Gasteiger charge is -2.35. The van der Waals surface area contributed by atoms with Crippen molar-refractivity contribution in [2.75, 3.05) is 33.2 Å². The summed E-state index contributed by atoms with van der Waals surface area (Å²) in [6.45, 7) is 3.04. The van der Waals surface area contributed by atoms with Gasteiger partial charge in [-0.2, -0.15) is 0 Å². The maximum Gasteiger partial charge on any atom is 0.223 e. The summed E-state index contributed by atoms with van der Waals surface area (Å²) in [5.74, 6) is -0.148. The van der Waals surface area contributed by atoms with Gasteiger partial charge in [-0.3, -0.25) is 9.59 Å². The van der Waals surface area contributed by atoms with Crippen LogP contribution in [0, 0.1) is 5.92 Å². The van der Waals surface area contributed by atoms with Crippen LogP contribution < -0.4 is 5.43 Å². The number of hydrogen-bond acceptors (Lipinski definition) is 6. The summed E-state index contributed by atoms with van der Waals surface area (Å²) in [6.07, 6.45) is 5.43. The lowest BCUT2D eigenvalue weighted by Crippen LogP contribution is -2.47. The third-order valence-corrected chi connectivity index (χ3v) is 7.90. The van der Waals surface area contributed by atoms with Gasteiger partial charge in [0.2, 0.25) is 5.91 Å². The maximum atomic E-state index is 13.5. The number of nitrogens with zero attached hydrogens (tertiary/aromatic N) is 2. The number of piperazine rings is 1. The first-order chi connectivity index (χ1) is 17.4. The van der Waals surface area contributed by atoms with E-state index in [1.165, 1.54) is 12.1 Å². The van der Waals surface area contributed by atoms with Crippen LogP contribution in [0.5, 0.6) is 11.5 Å². The zero-order valence-electron chi connectivity index (χ0n) is 20.8. The Hall–Kier alpha value is -3.32. The normalized spacial score (nSPS) is 18.4. The predicted molar refractivity (Wildman–Crippen MR) is 139 cm³/mol.